The molecular weight excluding hydrogens is 374 g/mol. The molecule has 1 heterocycles. The van der Waals surface area contributed by atoms with Gasteiger partial charge in [0.15, 0.2) is 6.10 Å². The molecule has 0 saturated heterocycles. The fourth-order valence-electron chi connectivity index (χ4n) is 3.06. The minimum atomic E-state index is -1.33. The second-order valence-corrected chi connectivity index (χ2v) is 7.30. The number of carbonyl (C=O) groups excluding carboxylic acids is 2. The number of ether oxygens (including phenoxy) is 1. The van der Waals surface area contributed by atoms with Gasteiger partial charge < -0.3 is 24.4 Å². The zero-order valence-electron chi connectivity index (χ0n) is 17.3. The highest BCUT2D eigenvalue weighted by Gasteiger charge is 2.23. The molecule has 0 aliphatic carbocycles. The highest BCUT2D eigenvalue weighted by atomic mass is 16.5. The van der Waals surface area contributed by atoms with E-state index in [4.69, 9.17) is 9.15 Å². The van der Waals surface area contributed by atoms with Gasteiger partial charge in [0.05, 0.1) is 12.0 Å². The van der Waals surface area contributed by atoms with Crippen molar-refractivity contribution in [1.29, 1.82) is 0 Å². The molecular formula is C22H28NO6-. The van der Waals surface area contributed by atoms with Gasteiger partial charge in [0.1, 0.15) is 11.3 Å². The normalized spacial score (nSPS) is 14.2. The van der Waals surface area contributed by atoms with Crippen LogP contribution in [-0.2, 0) is 16.0 Å². The first-order chi connectivity index (χ1) is 13.8. The molecule has 0 spiro atoms. The van der Waals surface area contributed by atoms with Crippen LogP contribution in [0, 0.1) is 5.92 Å². The SMILES string of the molecule is CCCCc1cc(=O)oc2cc(O[C@H](C)C(=O)N[C@H](C(=O)[O-])[C@@H](C)CC)ccc12. The van der Waals surface area contributed by atoms with E-state index in [1.807, 2.05) is 6.92 Å². The maximum atomic E-state index is 12.4. The predicted molar refractivity (Wildman–Crippen MR) is 108 cm³/mol. The molecule has 0 saturated carbocycles. The van der Waals surface area contributed by atoms with Gasteiger partial charge in [-0.1, -0.05) is 33.6 Å². The van der Waals surface area contributed by atoms with E-state index in [1.54, 1.807) is 25.1 Å². The molecule has 1 aromatic heterocycles. The lowest BCUT2D eigenvalue weighted by molar-refractivity contribution is -0.309. The molecule has 3 atom stereocenters. The zero-order chi connectivity index (χ0) is 21.6. The molecule has 7 heteroatoms. The first-order valence-corrected chi connectivity index (χ1v) is 10.0. The highest BCUT2D eigenvalue weighted by molar-refractivity contribution is 5.86. The van der Waals surface area contributed by atoms with Crippen molar-refractivity contribution in [3.8, 4) is 5.75 Å². The summed E-state index contributed by atoms with van der Waals surface area (Å²) < 4.78 is 10.9. The molecule has 0 aliphatic heterocycles. The first kappa shape index (κ1) is 22.5. The van der Waals surface area contributed by atoms with Crippen molar-refractivity contribution in [1.82, 2.24) is 5.32 Å². The highest BCUT2D eigenvalue weighted by Crippen LogP contribution is 2.24. The maximum absolute atomic E-state index is 12.4. The van der Waals surface area contributed by atoms with Gasteiger partial charge in [0.2, 0.25) is 0 Å². The molecule has 0 fully saturated rings. The molecule has 158 valence electrons. The summed E-state index contributed by atoms with van der Waals surface area (Å²) in [4.78, 5) is 35.5. The van der Waals surface area contributed by atoms with Crippen LogP contribution in [0.25, 0.3) is 11.0 Å². The van der Waals surface area contributed by atoms with Crippen LogP contribution in [0.15, 0.2) is 33.5 Å². The summed E-state index contributed by atoms with van der Waals surface area (Å²) >= 11 is 0. The Morgan fingerprint density at radius 1 is 1.21 bits per heavy atom. The summed E-state index contributed by atoms with van der Waals surface area (Å²) in [6, 6.07) is 5.48. The summed E-state index contributed by atoms with van der Waals surface area (Å²) in [7, 11) is 0. The van der Waals surface area contributed by atoms with Crippen molar-refractivity contribution in [2.24, 2.45) is 5.92 Å². The molecule has 0 unspecified atom stereocenters. The smallest absolute Gasteiger partial charge is 0.336 e. The van der Waals surface area contributed by atoms with Gasteiger partial charge in [-0.2, -0.15) is 0 Å². The van der Waals surface area contributed by atoms with E-state index in [-0.39, 0.29) is 5.92 Å². The molecule has 0 bridgehead atoms. The molecule has 29 heavy (non-hydrogen) atoms. The van der Waals surface area contributed by atoms with Crippen LogP contribution in [0.3, 0.4) is 0 Å². The van der Waals surface area contributed by atoms with E-state index in [0.717, 1.165) is 30.2 Å². The van der Waals surface area contributed by atoms with Crippen LogP contribution in [0.4, 0.5) is 0 Å². The minimum absolute atomic E-state index is 0.271. The fourth-order valence-corrected chi connectivity index (χ4v) is 3.06. The van der Waals surface area contributed by atoms with E-state index < -0.39 is 29.6 Å². The lowest BCUT2D eigenvalue weighted by atomic mass is 9.99. The van der Waals surface area contributed by atoms with Crippen molar-refractivity contribution in [2.45, 2.75) is 65.5 Å². The third kappa shape index (κ3) is 5.82. The topological polar surface area (TPSA) is 109 Å². The van der Waals surface area contributed by atoms with Gasteiger partial charge in [-0.3, -0.25) is 4.79 Å². The Bertz CT molecular complexity index is 919. The van der Waals surface area contributed by atoms with E-state index in [9.17, 15) is 19.5 Å². The van der Waals surface area contributed by atoms with Gasteiger partial charge in [-0.25, -0.2) is 4.79 Å². The van der Waals surface area contributed by atoms with Crippen LogP contribution < -0.4 is 20.8 Å². The largest absolute Gasteiger partial charge is 0.548 e. The summed E-state index contributed by atoms with van der Waals surface area (Å²) in [5, 5.41) is 14.6. The molecule has 1 aromatic carbocycles. The van der Waals surface area contributed by atoms with Gasteiger partial charge >= 0.3 is 5.63 Å². The number of hydrogen-bond acceptors (Lipinski definition) is 6. The second kappa shape index (κ2) is 10.1. The van der Waals surface area contributed by atoms with Gasteiger partial charge in [0.25, 0.3) is 5.91 Å². The number of benzene rings is 1. The number of carboxylic acid groups (broad SMARTS) is 1. The quantitative estimate of drug-likeness (QED) is 0.610. The minimum Gasteiger partial charge on any atom is -0.548 e. The number of fused-ring (bicyclic) bond motifs is 1. The molecule has 0 aliphatic rings. The molecule has 2 aromatic rings. The number of nitrogens with one attached hydrogen (secondary N) is 1. The second-order valence-electron chi connectivity index (χ2n) is 7.30. The number of amides is 1. The van der Waals surface area contributed by atoms with E-state index in [2.05, 4.69) is 12.2 Å². The third-order valence-electron chi connectivity index (χ3n) is 5.05. The number of unbranched alkanes of at least 4 members (excludes halogenated alkanes) is 1. The lowest BCUT2D eigenvalue weighted by Crippen LogP contribution is -2.54. The number of aryl methyl sites for hydroxylation is 1. The number of hydrogen-bond donors (Lipinski definition) is 1. The van der Waals surface area contributed by atoms with Gasteiger partial charge in [-0.05, 0) is 43.4 Å². The van der Waals surface area contributed by atoms with Crippen molar-refractivity contribution >= 4 is 22.8 Å². The van der Waals surface area contributed by atoms with Crippen LogP contribution in [0.1, 0.15) is 52.5 Å². The van der Waals surface area contributed by atoms with Crippen molar-refractivity contribution < 1.29 is 23.8 Å². The summed E-state index contributed by atoms with van der Waals surface area (Å²) in [5.74, 6) is -1.80. The Balaban J connectivity index is 2.17. The standard InChI is InChI=1S/C22H29NO6/c1-5-7-8-15-11-19(24)29-18-12-16(9-10-17(15)18)28-14(4)21(25)23-20(22(26)27)13(3)6-2/h9-14,20H,5-8H2,1-4H3,(H,23,25)(H,26,27)/p-1/t13-,14+,20-/m0/s1. The van der Waals surface area contributed by atoms with Crippen LogP contribution in [0.2, 0.25) is 0 Å². The Kier molecular flexibility index (Phi) is 7.82. The van der Waals surface area contributed by atoms with E-state index >= 15 is 0 Å². The molecule has 1 amide bonds. The Hall–Kier alpha value is -2.83. The zero-order valence-corrected chi connectivity index (χ0v) is 17.3. The van der Waals surface area contributed by atoms with Crippen LogP contribution >= 0.6 is 0 Å². The van der Waals surface area contributed by atoms with E-state index in [0.29, 0.717) is 17.8 Å². The van der Waals surface area contributed by atoms with E-state index in [1.165, 1.54) is 13.0 Å². The molecule has 1 N–H and O–H groups in total. The van der Waals surface area contributed by atoms with Crippen molar-refractivity contribution in [3.05, 3.63) is 40.2 Å². The van der Waals surface area contributed by atoms with Gasteiger partial charge in [0, 0.05) is 17.5 Å². The number of aliphatic carboxylic acids is 1. The molecule has 0 radical (unpaired) electrons. The van der Waals surface area contributed by atoms with Crippen molar-refractivity contribution in [3.63, 3.8) is 0 Å². The Morgan fingerprint density at radius 3 is 2.55 bits per heavy atom. The fraction of sp³-hybridized carbons (Fsp3) is 0.500. The number of carboxylic acids is 1. The predicted octanol–water partition coefficient (Wildman–Crippen LogP) is 2.18. The average molecular weight is 402 g/mol. The molecule has 2 rings (SSSR count). The summed E-state index contributed by atoms with van der Waals surface area (Å²) in [5.41, 5.74) is 0.874. The first-order valence-electron chi connectivity index (χ1n) is 10.0. The van der Waals surface area contributed by atoms with Crippen LogP contribution in [0.5, 0.6) is 5.75 Å². The summed E-state index contributed by atoms with van der Waals surface area (Å²) in [6.45, 7) is 7.17. The number of rotatable bonds is 10. The molecule has 7 nitrogen and oxygen atoms in total. The third-order valence-corrected chi connectivity index (χ3v) is 5.05. The maximum Gasteiger partial charge on any atom is 0.336 e. The number of carbonyl (C=O) groups is 2. The Labute approximate surface area is 170 Å². The Morgan fingerprint density at radius 2 is 1.93 bits per heavy atom. The van der Waals surface area contributed by atoms with Gasteiger partial charge in [-0.15, -0.1) is 0 Å². The van der Waals surface area contributed by atoms with Crippen molar-refractivity contribution in [2.75, 3.05) is 0 Å². The monoisotopic (exact) mass is 402 g/mol. The lowest BCUT2D eigenvalue weighted by Gasteiger charge is -2.26. The van der Waals surface area contributed by atoms with Crippen LogP contribution in [-0.4, -0.2) is 24.0 Å². The average Bonchev–Trinajstić information content (AvgIpc) is 2.68. The summed E-state index contributed by atoms with van der Waals surface area (Å²) in [6.07, 6.45) is 2.40.